The number of amides is 1. The second kappa shape index (κ2) is 9.04. The number of anilines is 1. The number of hydrogen-bond donors (Lipinski definition) is 2. The van der Waals surface area contributed by atoms with E-state index in [1.54, 1.807) is 43.3 Å². The fourth-order valence-electron chi connectivity index (χ4n) is 2.72. The standard InChI is InChI=1S/C20H17FN8O3/c1-12-17(29(28-24-12)19-18(22)26-32-27-19)20(30)25-23-10-13-4-8-16(9-5-13)31-11-14-2-6-15(21)7-3-14/h2-10H,11H2,1H3,(H2,22,26)(H,25,30). The maximum absolute atomic E-state index is 12.9. The van der Waals surface area contributed by atoms with Gasteiger partial charge in [0.05, 0.1) is 11.9 Å². The summed E-state index contributed by atoms with van der Waals surface area (Å²) in [4.78, 5) is 12.6. The van der Waals surface area contributed by atoms with E-state index in [9.17, 15) is 9.18 Å². The minimum Gasteiger partial charge on any atom is -0.489 e. The molecular formula is C20H17FN8O3. The second-order valence-electron chi connectivity index (χ2n) is 6.59. The van der Waals surface area contributed by atoms with Crippen molar-refractivity contribution in [2.45, 2.75) is 13.5 Å². The molecule has 0 aliphatic carbocycles. The lowest BCUT2D eigenvalue weighted by atomic mass is 10.2. The second-order valence-corrected chi connectivity index (χ2v) is 6.59. The highest BCUT2D eigenvalue weighted by molar-refractivity contribution is 5.94. The van der Waals surface area contributed by atoms with Crippen LogP contribution in [-0.4, -0.2) is 37.4 Å². The number of hydrazone groups is 1. The molecule has 4 aromatic rings. The minimum atomic E-state index is -0.564. The van der Waals surface area contributed by atoms with E-state index in [2.05, 4.69) is 35.8 Å². The predicted molar refractivity (Wildman–Crippen MR) is 111 cm³/mol. The number of benzene rings is 2. The molecule has 4 rings (SSSR count). The molecule has 0 unspecified atom stereocenters. The molecule has 12 heteroatoms. The molecule has 0 atom stereocenters. The Bertz CT molecular complexity index is 1250. The molecule has 0 fully saturated rings. The molecule has 162 valence electrons. The molecule has 2 heterocycles. The first-order valence-electron chi connectivity index (χ1n) is 9.32. The van der Waals surface area contributed by atoms with E-state index in [1.807, 2.05) is 0 Å². The molecule has 0 bridgehead atoms. The summed E-state index contributed by atoms with van der Waals surface area (Å²) in [6.45, 7) is 1.92. The number of aromatic nitrogens is 5. The van der Waals surface area contributed by atoms with Gasteiger partial charge in [-0.25, -0.2) is 14.4 Å². The number of carbonyl (C=O) groups is 1. The van der Waals surface area contributed by atoms with Gasteiger partial charge in [-0.05, 0) is 64.8 Å². The van der Waals surface area contributed by atoms with Gasteiger partial charge in [-0.2, -0.15) is 9.78 Å². The molecule has 0 radical (unpaired) electrons. The van der Waals surface area contributed by atoms with Crippen molar-refractivity contribution in [1.82, 2.24) is 30.7 Å². The molecule has 32 heavy (non-hydrogen) atoms. The van der Waals surface area contributed by atoms with Crippen LogP contribution in [0.4, 0.5) is 10.2 Å². The molecule has 0 aliphatic rings. The number of carbonyl (C=O) groups excluding carboxylic acids is 1. The summed E-state index contributed by atoms with van der Waals surface area (Å²) in [5.41, 5.74) is 10.1. The molecule has 2 aromatic carbocycles. The fraction of sp³-hybridized carbons (Fsp3) is 0.100. The third-order valence-electron chi connectivity index (χ3n) is 4.33. The number of nitrogens with two attached hydrogens (primary N) is 1. The number of aryl methyl sites for hydroxylation is 1. The summed E-state index contributed by atoms with van der Waals surface area (Å²) < 4.78 is 24.3. The van der Waals surface area contributed by atoms with Crippen molar-refractivity contribution in [2.24, 2.45) is 5.10 Å². The number of hydrogen-bond acceptors (Lipinski definition) is 9. The van der Waals surface area contributed by atoms with Crippen molar-refractivity contribution < 1.29 is 18.6 Å². The third-order valence-corrected chi connectivity index (χ3v) is 4.33. The summed E-state index contributed by atoms with van der Waals surface area (Å²) in [5.74, 6) is -0.199. The quantitative estimate of drug-likeness (QED) is 0.330. The van der Waals surface area contributed by atoms with Gasteiger partial charge < -0.3 is 10.5 Å². The minimum absolute atomic E-state index is 0.0332. The van der Waals surface area contributed by atoms with E-state index < -0.39 is 5.91 Å². The Morgan fingerprint density at radius 2 is 1.97 bits per heavy atom. The first kappa shape index (κ1) is 20.7. The smallest absolute Gasteiger partial charge is 0.292 e. The van der Waals surface area contributed by atoms with Gasteiger partial charge in [0.15, 0.2) is 5.69 Å². The zero-order valence-electron chi connectivity index (χ0n) is 16.8. The highest BCUT2D eigenvalue weighted by Crippen LogP contribution is 2.16. The van der Waals surface area contributed by atoms with Gasteiger partial charge in [0.1, 0.15) is 18.2 Å². The Hall–Kier alpha value is -4.61. The lowest BCUT2D eigenvalue weighted by Crippen LogP contribution is -2.22. The molecule has 11 nitrogen and oxygen atoms in total. The maximum atomic E-state index is 12.9. The van der Waals surface area contributed by atoms with Gasteiger partial charge in [0, 0.05) is 0 Å². The van der Waals surface area contributed by atoms with Crippen molar-refractivity contribution in [2.75, 3.05) is 5.73 Å². The van der Waals surface area contributed by atoms with Crippen molar-refractivity contribution in [3.05, 3.63) is 76.9 Å². The monoisotopic (exact) mass is 436 g/mol. The van der Waals surface area contributed by atoms with Crippen molar-refractivity contribution in [1.29, 1.82) is 0 Å². The first-order valence-corrected chi connectivity index (χ1v) is 9.32. The van der Waals surface area contributed by atoms with Gasteiger partial charge in [-0.15, -0.1) is 5.10 Å². The van der Waals surface area contributed by atoms with Crippen LogP contribution in [0, 0.1) is 12.7 Å². The van der Waals surface area contributed by atoms with Crippen LogP contribution >= 0.6 is 0 Å². The SMILES string of the molecule is Cc1nnn(-c2nonc2N)c1C(=O)NN=Cc1ccc(OCc2ccc(F)cc2)cc1. The van der Waals surface area contributed by atoms with Crippen LogP contribution in [0.1, 0.15) is 27.3 Å². The van der Waals surface area contributed by atoms with Crippen LogP contribution in [-0.2, 0) is 6.61 Å². The average molecular weight is 436 g/mol. The Balaban J connectivity index is 1.36. The maximum Gasteiger partial charge on any atom is 0.292 e. The molecule has 0 saturated heterocycles. The number of nitrogen functional groups attached to an aromatic ring is 1. The van der Waals surface area contributed by atoms with Crippen molar-refractivity contribution >= 4 is 17.9 Å². The van der Waals surface area contributed by atoms with E-state index >= 15 is 0 Å². The molecule has 3 N–H and O–H groups in total. The van der Waals surface area contributed by atoms with Gasteiger partial charge in [-0.1, -0.05) is 17.3 Å². The molecule has 0 spiro atoms. The molecule has 2 aromatic heterocycles. The fourth-order valence-corrected chi connectivity index (χ4v) is 2.72. The third kappa shape index (κ3) is 4.59. The Morgan fingerprint density at radius 1 is 1.22 bits per heavy atom. The summed E-state index contributed by atoms with van der Waals surface area (Å²) in [6, 6.07) is 13.2. The predicted octanol–water partition coefficient (Wildman–Crippen LogP) is 2.02. The highest BCUT2D eigenvalue weighted by atomic mass is 19.1. The summed E-state index contributed by atoms with van der Waals surface area (Å²) >= 11 is 0. The summed E-state index contributed by atoms with van der Waals surface area (Å²) in [5, 5.41) is 18.7. The van der Waals surface area contributed by atoms with E-state index in [1.165, 1.54) is 18.3 Å². The highest BCUT2D eigenvalue weighted by Gasteiger charge is 2.22. The van der Waals surface area contributed by atoms with E-state index in [0.717, 1.165) is 15.8 Å². The normalized spacial score (nSPS) is 11.1. The topological polar surface area (TPSA) is 146 Å². The van der Waals surface area contributed by atoms with Gasteiger partial charge >= 0.3 is 0 Å². The lowest BCUT2D eigenvalue weighted by molar-refractivity contribution is 0.0946. The number of ether oxygens (including phenoxy) is 1. The van der Waals surface area contributed by atoms with Crippen LogP contribution in [0.5, 0.6) is 5.75 Å². The van der Waals surface area contributed by atoms with Crippen LogP contribution in [0.15, 0.2) is 58.3 Å². The summed E-state index contributed by atoms with van der Waals surface area (Å²) in [7, 11) is 0. The van der Waals surface area contributed by atoms with Gasteiger partial charge in [-0.3, -0.25) is 4.79 Å². The first-order chi connectivity index (χ1) is 15.5. The Kier molecular flexibility index (Phi) is 5.83. The largest absolute Gasteiger partial charge is 0.489 e. The van der Waals surface area contributed by atoms with Crippen molar-refractivity contribution in [3.63, 3.8) is 0 Å². The Labute approximate surface area is 180 Å². The lowest BCUT2D eigenvalue weighted by Gasteiger charge is -2.06. The van der Waals surface area contributed by atoms with Crippen LogP contribution in [0.25, 0.3) is 5.82 Å². The average Bonchev–Trinajstić information content (AvgIpc) is 3.39. The number of halogens is 1. The number of nitrogens with one attached hydrogen (secondary N) is 1. The summed E-state index contributed by atoms with van der Waals surface area (Å²) in [6.07, 6.45) is 1.47. The zero-order chi connectivity index (χ0) is 22.5. The van der Waals surface area contributed by atoms with E-state index in [4.69, 9.17) is 10.5 Å². The van der Waals surface area contributed by atoms with Gasteiger partial charge in [0.2, 0.25) is 11.6 Å². The molecule has 0 saturated carbocycles. The van der Waals surface area contributed by atoms with Crippen LogP contribution in [0.3, 0.4) is 0 Å². The van der Waals surface area contributed by atoms with Crippen LogP contribution in [0.2, 0.25) is 0 Å². The molecular weight excluding hydrogens is 419 g/mol. The van der Waals surface area contributed by atoms with Crippen LogP contribution < -0.4 is 15.9 Å². The Morgan fingerprint density at radius 3 is 2.66 bits per heavy atom. The van der Waals surface area contributed by atoms with Gasteiger partial charge in [0.25, 0.3) is 5.91 Å². The molecule has 0 aliphatic heterocycles. The number of nitrogens with zero attached hydrogens (tertiary/aromatic N) is 6. The number of rotatable bonds is 7. The zero-order valence-corrected chi connectivity index (χ0v) is 16.8. The van der Waals surface area contributed by atoms with E-state index in [0.29, 0.717) is 18.1 Å². The molecule has 1 amide bonds. The van der Waals surface area contributed by atoms with E-state index in [-0.39, 0.29) is 23.1 Å². The van der Waals surface area contributed by atoms with Crippen molar-refractivity contribution in [3.8, 4) is 11.6 Å².